The maximum absolute atomic E-state index is 10.8. The van der Waals surface area contributed by atoms with Crippen LogP contribution in [0, 0.1) is 10.1 Å². The van der Waals surface area contributed by atoms with Crippen molar-refractivity contribution in [3.8, 4) is 11.5 Å². The van der Waals surface area contributed by atoms with Gasteiger partial charge in [0, 0.05) is 28.0 Å². The Morgan fingerprint density at radius 1 is 1.19 bits per heavy atom. The van der Waals surface area contributed by atoms with Crippen molar-refractivity contribution in [3.63, 3.8) is 0 Å². The van der Waals surface area contributed by atoms with E-state index >= 15 is 0 Å². The van der Waals surface area contributed by atoms with Gasteiger partial charge >= 0.3 is 0 Å². The van der Waals surface area contributed by atoms with Gasteiger partial charge in [-0.05, 0) is 44.0 Å². The molecule has 0 aliphatic heterocycles. The normalized spacial score (nSPS) is 10.5. The molecule has 0 amide bonds. The second-order valence-electron chi connectivity index (χ2n) is 3.98. The number of benzene rings is 2. The van der Waals surface area contributed by atoms with Gasteiger partial charge in [-0.15, -0.1) is 0 Å². The van der Waals surface area contributed by atoms with Gasteiger partial charge in [-0.3, -0.25) is 10.1 Å². The number of alkyl halides is 1. The minimum atomic E-state index is -0.470. The Hall–Kier alpha value is -0.630. The standard InChI is InChI=1S/C13H7Br3ClNO3/c14-6-7-1-2-8(17)3-12(7)21-13-10(15)4-9(18(19)20)5-11(13)16/h1-5H,6H2. The van der Waals surface area contributed by atoms with Crippen LogP contribution in [-0.2, 0) is 5.33 Å². The molecule has 0 saturated heterocycles. The lowest BCUT2D eigenvalue weighted by Crippen LogP contribution is -1.94. The average molecular weight is 500 g/mol. The van der Waals surface area contributed by atoms with E-state index in [0.717, 1.165) is 5.56 Å². The van der Waals surface area contributed by atoms with Gasteiger partial charge < -0.3 is 4.74 Å². The van der Waals surface area contributed by atoms with Gasteiger partial charge in [0.1, 0.15) is 5.75 Å². The Balaban J connectivity index is 2.45. The Bertz CT molecular complexity index is 686. The first-order valence-electron chi connectivity index (χ1n) is 5.58. The molecule has 2 aromatic carbocycles. The Morgan fingerprint density at radius 2 is 1.81 bits per heavy atom. The van der Waals surface area contributed by atoms with Crippen LogP contribution in [0.3, 0.4) is 0 Å². The molecule has 0 radical (unpaired) electrons. The molecule has 4 nitrogen and oxygen atoms in total. The Labute approximate surface area is 151 Å². The molecule has 0 spiro atoms. The zero-order valence-corrected chi connectivity index (χ0v) is 15.8. The largest absolute Gasteiger partial charge is 0.455 e. The fourth-order valence-corrected chi connectivity index (χ4v) is 3.54. The molecule has 0 aliphatic rings. The van der Waals surface area contributed by atoms with Gasteiger partial charge in [0.2, 0.25) is 0 Å². The number of nitro groups is 1. The van der Waals surface area contributed by atoms with Crippen LogP contribution in [-0.4, -0.2) is 4.92 Å². The highest BCUT2D eigenvalue weighted by Gasteiger charge is 2.17. The number of hydrogen-bond donors (Lipinski definition) is 0. The number of nitrogens with zero attached hydrogens (tertiary/aromatic N) is 1. The van der Waals surface area contributed by atoms with Gasteiger partial charge in [0.25, 0.3) is 5.69 Å². The van der Waals surface area contributed by atoms with E-state index in [1.54, 1.807) is 12.1 Å². The maximum atomic E-state index is 10.8. The van der Waals surface area contributed by atoms with Crippen LogP contribution < -0.4 is 4.74 Å². The van der Waals surface area contributed by atoms with Crippen LogP contribution >= 0.6 is 59.4 Å². The number of non-ortho nitro benzene ring substituents is 1. The number of nitro benzene ring substituents is 1. The van der Waals surface area contributed by atoms with Gasteiger partial charge in [-0.1, -0.05) is 33.6 Å². The summed E-state index contributed by atoms with van der Waals surface area (Å²) in [5.74, 6) is 1.03. The van der Waals surface area contributed by atoms with E-state index in [1.165, 1.54) is 12.1 Å². The van der Waals surface area contributed by atoms with Crippen molar-refractivity contribution in [2.45, 2.75) is 5.33 Å². The summed E-state index contributed by atoms with van der Waals surface area (Å²) in [5, 5.41) is 12.0. The summed E-state index contributed by atoms with van der Waals surface area (Å²) < 4.78 is 6.80. The van der Waals surface area contributed by atoms with Crippen molar-refractivity contribution >= 4 is 65.1 Å². The number of rotatable bonds is 4. The topological polar surface area (TPSA) is 52.4 Å². The van der Waals surface area contributed by atoms with Crippen molar-refractivity contribution in [1.82, 2.24) is 0 Å². The smallest absolute Gasteiger partial charge is 0.271 e. The summed E-state index contributed by atoms with van der Waals surface area (Å²) in [6.07, 6.45) is 0. The first-order chi connectivity index (χ1) is 9.92. The van der Waals surface area contributed by atoms with Crippen LogP contribution in [0.1, 0.15) is 5.56 Å². The predicted octanol–water partition coefficient (Wildman–Crippen LogP) is 6.46. The molecule has 0 bridgehead atoms. The summed E-state index contributed by atoms with van der Waals surface area (Å²) in [6.45, 7) is 0. The summed E-state index contributed by atoms with van der Waals surface area (Å²) in [7, 11) is 0. The molecule has 8 heteroatoms. The van der Waals surface area contributed by atoms with Crippen molar-refractivity contribution in [3.05, 3.63) is 60.0 Å². The third-order valence-electron chi connectivity index (χ3n) is 2.58. The third kappa shape index (κ3) is 3.97. The quantitative estimate of drug-likeness (QED) is 0.275. The lowest BCUT2D eigenvalue weighted by atomic mass is 10.2. The lowest BCUT2D eigenvalue weighted by Gasteiger charge is -2.13. The van der Waals surface area contributed by atoms with Gasteiger partial charge in [0.05, 0.1) is 13.9 Å². The highest BCUT2D eigenvalue weighted by Crippen LogP contribution is 2.41. The van der Waals surface area contributed by atoms with Crippen molar-refractivity contribution in [1.29, 1.82) is 0 Å². The predicted molar refractivity (Wildman–Crippen MR) is 92.7 cm³/mol. The van der Waals surface area contributed by atoms with Crippen LogP contribution in [0.15, 0.2) is 39.3 Å². The molecule has 110 valence electrons. The second-order valence-corrected chi connectivity index (χ2v) is 6.69. The number of ether oxygens (including phenoxy) is 1. The highest BCUT2D eigenvalue weighted by atomic mass is 79.9. The Morgan fingerprint density at radius 3 is 2.33 bits per heavy atom. The van der Waals surface area contributed by atoms with E-state index in [0.29, 0.717) is 30.8 Å². The monoisotopic (exact) mass is 497 g/mol. The molecule has 0 N–H and O–H groups in total. The molecule has 0 saturated carbocycles. The minimum absolute atomic E-state index is 0.0343. The van der Waals surface area contributed by atoms with Crippen LogP contribution in [0.25, 0.3) is 0 Å². The zero-order valence-electron chi connectivity index (χ0n) is 10.3. The maximum Gasteiger partial charge on any atom is 0.271 e. The summed E-state index contributed by atoms with van der Waals surface area (Å²) >= 11 is 15.9. The summed E-state index contributed by atoms with van der Waals surface area (Å²) in [4.78, 5) is 10.3. The van der Waals surface area contributed by atoms with E-state index in [9.17, 15) is 10.1 Å². The number of halogens is 4. The summed E-state index contributed by atoms with van der Waals surface area (Å²) in [5.41, 5.74) is 0.879. The molecule has 0 aliphatic carbocycles. The number of hydrogen-bond acceptors (Lipinski definition) is 3. The second kappa shape index (κ2) is 7.09. The van der Waals surface area contributed by atoms with E-state index in [-0.39, 0.29) is 5.69 Å². The fraction of sp³-hybridized carbons (Fsp3) is 0.0769. The third-order valence-corrected chi connectivity index (χ3v) is 4.60. The molecule has 0 aromatic heterocycles. The Kier molecular flexibility index (Phi) is 5.65. The van der Waals surface area contributed by atoms with E-state index in [2.05, 4.69) is 47.8 Å². The minimum Gasteiger partial charge on any atom is -0.455 e. The van der Waals surface area contributed by atoms with Crippen molar-refractivity contribution < 1.29 is 9.66 Å². The molecule has 0 fully saturated rings. The van der Waals surface area contributed by atoms with Gasteiger partial charge in [-0.25, -0.2) is 0 Å². The van der Waals surface area contributed by atoms with Crippen LogP contribution in [0.2, 0.25) is 5.02 Å². The van der Waals surface area contributed by atoms with Crippen LogP contribution in [0.4, 0.5) is 5.69 Å². The molecule has 0 unspecified atom stereocenters. The SMILES string of the molecule is O=[N+]([O-])c1cc(Br)c(Oc2cc(Cl)ccc2CBr)c(Br)c1. The molecular weight excluding hydrogens is 493 g/mol. The first-order valence-corrected chi connectivity index (χ1v) is 8.66. The van der Waals surface area contributed by atoms with E-state index in [1.807, 2.05) is 6.07 Å². The average Bonchev–Trinajstić information content (AvgIpc) is 2.42. The van der Waals surface area contributed by atoms with Crippen LogP contribution in [0.5, 0.6) is 11.5 Å². The highest BCUT2D eigenvalue weighted by molar-refractivity contribution is 9.11. The zero-order chi connectivity index (χ0) is 15.6. The molecule has 2 aromatic rings. The molecule has 0 heterocycles. The lowest BCUT2D eigenvalue weighted by molar-refractivity contribution is -0.385. The molecule has 0 atom stereocenters. The van der Waals surface area contributed by atoms with E-state index in [4.69, 9.17) is 16.3 Å². The molecular formula is C13H7Br3ClNO3. The van der Waals surface area contributed by atoms with Crippen molar-refractivity contribution in [2.75, 3.05) is 0 Å². The van der Waals surface area contributed by atoms with Crippen molar-refractivity contribution in [2.24, 2.45) is 0 Å². The first kappa shape index (κ1) is 16.7. The fourth-order valence-electron chi connectivity index (χ4n) is 1.59. The van der Waals surface area contributed by atoms with Gasteiger partial charge in [-0.2, -0.15) is 0 Å². The summed E-state index contributed by atoms with van der Waals surface area (Å²) in [6, 6.07) is 8.08. The molecule has 21 heavy (non-hydrogen) atoms. The van der Waals surface area contributed by atoms with Gasteiger partial charge in [0.15, 0.2) is 5.75 Å². The van der Waals surface area contributed by atoms with E-state index < -0.39 is 4.92 Å². The molecule has 2 rings (SSSR count).